The number of carbonyl (C=O) groups is 1. The van der Waals surface area contributed by atoms with Crippen molar-refractivity contribution in [3.05, 3.63) is 53.0 Å². The molecule has 1 aliphatic carbocycles. The normalized spacial score (nSPS) is 23.9. The molecule has 4 aliphatic rings. The van der Waals surface area contributed by atoms with Gasteiger partial charge in [0.25, 0.3) is 5.91 Å². The number of fused-ring (bicyclic) bond motifs is 2. The van der Waals surface area contributed by atoms with Gasteiger partial charge < -0.3 is 24.3 Å². The van der Waals surface area contributed by atoms with Crippen LogP contribution in [-0.4, -0.2) is 84.1 Å². The summed E-state index contributed by atoms with van der Waals surface area (Å²) in [7, 11) is 2.12. The maximum Gasteiger partial charge on any atom is 0.318 e. The molecule has 3 aliphatic heterocycles. The van der Waals surface area contributed by atoms with Gasteiger partial charge in [0, 0.05) is 43.5 Å². The third-order valence-electron chi connectivity index (χ3n) is 9.43. The van der Waals surface area contributed by atoms with E-state index in [-0.39, 0.29) is 18.3 Å². The summed E-state index contributed by atoms with van der Waals surface area (Å²) in [6.07, 6.45) is 6.17. The highest BCUT2D eigenvalue weighted by molar-refractivity contribution is 6.21. The van der Waals surface area contributed by atoms with Gasteiger partial charge in [-0.05, 0) is 69.3 Å². The zero-order valence-electron chi connectivity index (χ0n) is 24.8. The van der Waals surface area contributed by atoms with Gasteiger partial charge in [-0.2, -0.15) is 15.2 Å². The number of ether oxygens (including phenoxy) is 1. The van der Waals surface area contributed by atoms with Gasteiger partial charge in [-0.3, -0.25) is 4.79 Å². The molecule has 0 spiro atoms. The SMILES string of the molecule is C=C(F)C(=O)N1CCN(c2nc(OC[C@@H]3CCCN3C)nc3c2CCN(c2cccc4c2[C@@H](Cl)CCC4)C3)C[C@@H]1CC#N. The number of alkyl halides is 1. The van der Waals surface area contributed by atoms with Crippen molar-refractivity contribution >= 4 is 29.0 Å². The first kappa shape index (κ1) is 29.6. The molecule has 9 nitrogen and oxygen atoms in total. The van der Waals surface area contributed by atoms with E-state index in [4.69, 9.17) is 26.3 Å². The summed E-state index contributed by atoms with van der Waals surface area (Å²) in [6, 6.07) is 8.83. The van der Waals surface area contributed by atoms with Crippen molar-refractivity contribution in [3.63, 3.8) is 0 Å². The fraction of sp³-hybridized carbons (Fsp3) is 0.562. The van der Waals surface area contributed by atoms with Gasteiger partial charge in [0.05, 0.1) is 36.1 Å². The molecular formula is C32H39ClFN7O2. The lowest BCUT2D eigenvalue weighted by Crippen LogP contribution is -2.55. The molecule has 2 aromatic rings. The monoisotopic (exact) mass is 607 g/mol. The molecule has 2 saturated heterocycles. The van der Waals surface area contributed by atoms with E-state index in [9.17, 15) is 14.4 Å². The van der Waals surface area contributed by atoms with Gasteiger partial charge in [-0.15, -0.1) is 11.6 Å². The lowest BCUT2D eigenvalue weighted by Gasteiger charge is -2.42. The Hall–Kier alpha value is -3.42. The van der Waals surface area contributed by atoms with Crippen molar-refractivity contribution in [2.24, 2.45) is 0 Å². The van der Waals surface area contributed by atoms with Crippen LogP contribution in [0.5, 0.6) is 6.01 Å². The summed E-state index contributed by atoms with van der Waals surface area (Å²) in [5.41, 5.74) is 5.71. The molecule has 43 heavy (non-hydrogen) atoms. The topological polar surface area (TPSA) is 88.8 Å². The molecule has 0 unspecified atom stereocenters. The first-order valence-corrected chi connectivity index (χ1v) is 15.8. The second-order valence-corrected chi connectivity index (χ2v) is 12.6. The number of carbonyl (C=O) groups excluding carboxylic acids is 1. The molecule has 1 aromatic carbocycles. The number of rotatable bonds is 7. The predicted molar refractivity (Wildman–Crippen MR) is 164 cm³/mol. The molecular weight excluding hydrogens is 569 g/mol. The molecule has 0 bridgehead atoms. The van der Waals surface area contributed by atoms with E-state index in [1.54, 1.807) is 0 Å². The summed E-state index contributed by atoms with van der Waals surface area (Å²) in [5.74, 6) is -0.988. The van der Waals surface area contributed by atoms with Crippen molar-refractivity contribution in [3.8, 4) is 12.1 Å². The first-order valence-electron chi connectivity index (χ1n) is 15.3. The van der Waals surface area contributed by atoms with Gasteiger partial charge in [-0.1, -0.05) is 18.7 Å². The number of aryl methyl sites for hydroxylation is 1. The fourth-order valence-electron chi connectivity index (χ4n) is 7.10. The Balaban J connectivity index is 1.32. The van der Waals surface area contributed by atoms with E-state index in [1.165, 1.54) is 21.7 Å². The molecule has 6 rings (SSSR count). The zero-order chi connectivity index (χ0) is 30.1. The average Bonchev–Trinajstić information content (AvgIpc) is 3.43. The molecule has 3 atom stereocenters. The smallest absolute Gasteiger partial charge is 0.318 e. The van der Waals surface area contributed by atoms with Crippen LogP contribution in [-0.2, 0) is 24.2 Å². The largest absolute Gasteiger partial charge is 0.462 e. The van der Waals surface area contributed by atoms with E-state index in [0.717, 1.165) is 68.7 Å². The van der Waals surface area contributed by atoms with E-state index in [1.807, 2.05) is 0 Å². The van der Waals surface area contributed by atoms with Crippen molar-refractivity contribution in [2.45, 2.75) is 69.0 Å². The quantitative estimate of drug-likeness (QED) is 0.335. The lowest BCUT2D eigenvalue weighted by atomic mass is 9.89. The van der Waals surface area contributed by atoms with Gasteiger partial charge in [0.2, 0.25) is 0 Å². The second kappa shape index (κ2) is 12.7. The van der Waals surface area contributed by atoms with Crippen LogP contribution in [0, 0.1) is 11.3 Å². The van der Waals surface area contributed by atoms with Crippen LogP contribution in [0.1, 0.15) is 59.9 Å². The Morgan fingerprint density at radius 1 is 1.14 bits per heavy atom. The number of aromatic nitrogens is 2. The molecule has 1 aromatic heterocycles. The summed E-state index contributed by atoms with van der Waals surface area (Å²) >= 11 is 6.87. The fourth-order valence-corrected chi connectivity index (χ4v) is 7.51. The molecule has 1 amide bonds. The molecule has 2 fully saturated rings. The zero-order valence-corrected chi connectivity index (χ0v) is 25.5. The molecule has 0 saturated carbocycles. The Kier molecular flexibility index (Phi) is 8.73. The maximum absolute atomic E-state index is 13.8. The lowest BCUT2D eigenvalue weighted by molar-refractivity contribution is -0.131. The number of hydrogen-bond acceptors (Lipinski definition) is 8. The van der Waals surface area contributed by atoms with Gasteiger partial charge >= 0.3 is 6.01 Å². The van der Waals surface area contributed by atoms with E-state index < -0.39 is 17.8 Å². The number of nitriles is 1. The third kappa shape index (κ3) is 6.02. The van der Waals surface area contributed by atoms with Crippen molar-refractivity contribution < 1.29 is 13.9 Å². The highest BCUT2D eigenvalue weighted by atomic mass is 35.5. The van der Waals surface area contributed by atoms with Crippen molar-refractivity contribution in [2.75, 3.05) is 56.2 Å². The minimum atomic E-state index is -1.01. The maximum atomic E-state index is 13.8. The van der Waals surface area contributed by atoms with Crippen LogP contribution in [0.2, 0.25) is 0 Å². The molecule has 228 valence electrons. The van der Waals surface area contributed by atoms with Crippen molar-refractivity contribution in [1.29, 1.82) is 5.26 Å². The number of likely N-dealkylation sites (N-methyl/N-ethyl adjacent to an activating group) is 1. The number of hydrogen-bond donors (Lipinski definition) is 0. The van der Waals surface area contributed by atoms with Crippen LogP contribution in [0.15, 0.2) is 30.6 Å². The van der Waals surface area contributed by atoms with Crippen LogP contribution >= 0.6 is 11.6 Å². The number of piperazine rings is 1. The van der Waals surface area contributed by atoms with Crippen LogP contribution in [0.25, 0.3) is 0 Å². The van der Waals surface area contributed by atoms with Crippen molar-refractivity contribution in [1.82, 2.24) is 19.8 Å². The highest BCUT2D eigenvalue weighted by Gasteiger charge is 2.35. The standard InChI is InChI=1S/C32H39ClFN7O2/c1-21(34)31(42)41-17-16-40(18-23(41)11-13-35)30-25-12-15-39(28-10-4-7-22-6-3-9-26(33)29(22)28)19-27(25)36-32(37-30)43-20-24-8-5-14-38(24)2/h4,7,10,23-24,26H,1,3,5-6,8-9,11-12,14-20H2,2H3/t23-,24-,26-/m0/s1. The number of likely N-dealkylation sites (tertiary alicyclic amines) is 1. The van der Waals surface area contributed by atoms with Gasteiger partial charge in [-0.25, -0.2) is 4.39 Å². The average molecular weight is 608 g/mol. The number of halogens is 2. The number of benzene rings is 1. The summed E-state index contributed by atoms with van der Waals surface area (Å²) < 4.78 is 20.1. The minimum Gasteiger partial charge on any atom is -0.462 e. The van der Waals surface area contributed by atoms with E-state index >= 15 is 0 Å². The number of nitrogens with zero attached hydrogens (tertiary/aromatic N) is 7. The summed E-state index contributed by atoms with van der Waals surface area (Å²) in [4.78, 5) is 30.6. The minimum absolute atomic E-state index is 0.000999. The van der Waals surface area contributed by atoms with Crippen LogP contribution in [0.3, 0.4) is 0 Å². The van der Waals surface area contributed by atoms with Gasteiger partial charge in [0.15, 0.2) is 5.83 Å². The molecule has 4 heterocycles. The Bertz CT molecular complexity index is 1430. The van der Waals surface area contributed by atoms with E-state index in [0.29, 0.717) is 38.3 Å². The second-order valence-electron chi connectivity index (χ2n) is 12.1. The summed E-state index contributed by atoms with van der Waals surface area (Å²) in [5, 5.41) is 9.50. The number of amides is 1. The molecule has 11 heteroatoms. The molecule has 0 N–H and O–H groups in total. The highest BCUT2D eigenvalue weighted by Crippen LogP contribution is 2.42. The van der Waals surface area contributed by atoms with Crippen LogP contribution in [0.4, 0.5) is 15.9 Å². The Labute approximate surface area is 257 Å². The molecule has 0 radical (unpaired) electrons. The number of anilines is 2. The predicted octanol–water partition coefficient (Wildman–Crippen LogP) is 4.54. The first-order chi connectivity index (χ1) is 20.8. The Morgan fingerprint density at radius 3 is 2.77 bits per heavy atom. The van der Waals surface area contributed by atoms with E-state index in [2.05, 4.69) is 52.6 Å². The third-order valence-corrected chi connectivity index (χ3v) is 9.87. The Morgan fingerprint density at radius 2 is 2.00 bits per heavy atom. The summed E-state index contributed by atoms with van der Waals surface area (Å²) in [6.45, 7) is 7.24. The van der Waals surface area contributed by atoms with Gasteiger partial charge in [0.1, 0.15) is 12.4 Å². The van der Waals surface area contributed by atoms with Crippen LogP contribution < -0.4 is 14.5 Å².